The lowest BCUT2D eigenvalue weighted by Gasteiger charge is -2.09. The summed E-state index contributed by atoms with van der Waals surface area (Å²) in [6.45, 7) is 0. The van der Waals surface area contributed by atoms with Gasteiger partial charge in [0, 0.05) is 22.6 Å². The minimum atomic E-state index is -3.89. The van der Waals surface area contributed by atoms with Gasteiger partial charge in [-0.15, -0.1) is 0 Å². The Labute approximate surface area is 117 Å². The van der Waals surface area contributed by atoms with Crippen molar-refractivity contribution in [1.82, 2.24) is 4.98 Å². The minimum absolute atomic E-state index is 0.0712. The molecule has 0 saturated heterocycles. The number of nitrogen functional groups attached to an aromatic ring is 1. The van der Waals surface area contributed by atoms with Gasteiger partial charge in [0.1, 0.15) is 10.7 Å². The number of anilines is 2. The summed E-state index contributed by atoms with van der Waals surface area (Å²) in [5.41, 5.74) is 5.43. The molecule has 0 saturated carbocycles. The molecule has 19 heavy (non-hydrogen) atoms. The van der Waals surface area contributed by atoms with Crippen molar-refractivity contribution in [2.75, 3.05) is 10.5 Å². The molecule has 100 valence electrons. The van der Waals surface area contributed by atoms with Gasteiger partial charge in [-0.05, 0) is 40.2 Å². The fourth-order valence-corrected chi connectivity index (χ4v) is 2.93. The van der Waals surface area contributed by atoms with Crippen molar-refractivity contribution >= 4 is 37.3 Å². The number of rotatable bonds is 3. The van der Waals surface area contributed by atoms with Crippen LogP contribution < -0.4 is 10.5 Å². The number of aromatic nitrogens is 1. The molecule has 0 spiro atoms. The average Bonchev–Trinajstić information content (AvgIpc) is 2.33. The second-order valence-electron chi connectivity index (χ2n) is 3.68. The summed E-state index contributed by atoms with van der Waals surface area (Å²) in [4.78, 5) is 3.68. The van der Waals surface area contributed by atoms with Crippen LogP contribution in [0.3, 0.4) is 0 Å². The van der Waals surface area contributed by atoms with Crippen LogP contribution in [0.1, 0.15) is 0 Å². The van der Waals surface area contributed by atoms with Crippen LogP contribution in [0.15, 0.2) is 46.0 Å². The van der Waals surface area contributed by atoms with Crippen LogP contribution in [-0.4, -0.2) is 13.4 Å². The third kappa shape index (κ3) is 3.21. The first-order chi connectivity index (χ1) is 8.88. The summed E-state index contributed by atoms with van der Waals surface area (Å²) in [6.07, 6.45) is 2.62. The van der Waals surface area contributed by atoms with Gasteiger partial charge in [-0.3, -0.25) is 9.71 Å². The highest BCUT2D eigenvalue weighted by molar-refractivity contribution is 9.10. The molecule has 0 bridgehead atoms. The fourth-order valence-electron chi connectivity index (χ4n) is 1.36. The van der Waals surface area contributed by atoms with Crippen molar-refractivity contribution in [2.24, 2.45) is 0 Å². The van der Waals surface area contributed by atoms with Crippen LogP contribution in [0.2, 0.25) is 0 Å². The first-order valence-corrected chi connectivity index (χ1v) is 7.34. The normalized spacial score (nSPS) is 11.3. The highest BCUT2D eigenvalue weighted by Gasteiger charge is 2.17. The Bertz CT molecular complexity index is 722. The van der Waals surface area contributed by atoms with E-state index in [-0.39, 0.29) is 16.3 Å². The van der Waals surface area contributed by atoms with E-state index in [2.05, 4.69) is 25.6 Å². The Balaban J connectivity index is 2.36. The summed E-state index contributed by atoms with van der Waals surface area (Å²) in [7, 11) is -3.89. The molecule has 2 rings (SSSR count). The number of hydrogen-bond donors (Lipinski definition) is 2. The topological polar surface area (TPSA) is 85.1 Å². The molecule has 1 aromatic heterocycles. The number of hydrogen-bond acceptors (Lipinski definition) is 4. The fraction of sp³-hybridized carbons (Fsp3) is 0. The Morgan fingerprint density at radius 1 is 1.26 bits per heavy atom. The molecular weight excluding hydrogens is 337 g/mol. The van der Waals surface area contributed by atoms with Gasteiger partial charge in [-0.1, -0.05) is 0 Å². The molecule has 0 amide bonds. The maximum atomic E-state index is 13.5. The van der Waals surface area contributed by atoms with Gasteiger partial charge in [0.15, 0.2) is 0 Å². The number of halogens is 2. The third-order valence-corrected chi connectivity index (χ3v) is 3.99. The van der Waals surface area contributed by atoms with Gasteiger partial charge in [-0.25, -0.2) is 12.8 Å². The van der Waals surface area contributed by atoms with E-state index in [1.165, 1.54) is 30.6 Å². The Kier molecular flexibility index (Phi) is 3.72. The number of pyridine rings is 1. The lowest BCUT2D eigenvalue weighted by molar-refractivity contribution is 0.598. The monoisotopic (exact) mass is 345 g/mol. The van der Waals surface area contributed by atoms with E-state index in [9.17, 15) is 12.8 Å². The summed E-state index contributed by atoms with van der Waals surface area (Å²) in [5.74, 6) is -0.744. The summed E-state index contributed by atoms with van der Waals surface area (Å²) < 4.78 is 40.2. The predicted molar refractivity (Wildman–Crippen MR) is 73.6 cm³/mol. The zero-order valence-electron chi connectivity index (χ0n) is 9.47. The second kappa shape index (κ2) is 5.14. The maximum Gasteiger partial charge on any atom is 0.263 e. The van der Waals surface area contributed by atoms with Crippen molar-refractivity contribution in [1.29, 1.82) is 0 Å². The number of nitrogens with zero attached hydrogens (tertiary/aromatic N) is 1. The van der Waals surface area contributed by atoms with Gasteiger partial charge in [0.25, 0.3) is 10.0 Å². The zero-order chi connectivity index (χ0) is 14.0. The van der Waals surface area contributed by atoms with E-state index in [1.54, 1.807) is 0 Å². The van der Waals surface area contributed by atoms with Crippen LogP contribution in [0.4, 0.5) is 15.8 Å². The molecule has 3 N–H and O–H groups in total. The van der Waals surface area contributed by atoms with Crippen LogP contribution in [0, 0.1) is 5.82 Å². The van der Waals surface area contributed by atoms with E-state index in [0.717, 1.165) is 6.07 Å². The Morgan fingerprint density at radius 2 is 2.00 bits per heavy atom. The highest BCUT2D eigenvalue weighted by atomic mass is 79.9. The minimum Gasteiger partial charge on any atom is -0.399 e. The molecule has 1 aromatic carbocycles. The molecule has 0 radical (unpaired) electrons. The molecule has 8 heteroatoms. The van der Waals surface area contributed by atoms with E-state index in [1.807, 2.05) is 0 Å². The van der Waals surface area contributed by atoms with Crippen molar-refractivity contribution in [3.05, 3.63) is 46.9 Å². The molecule has 0 atom stereocenters. The molecule has 1 heterocycles. The van der Waals surface area contributed by atoms with Crippen LogP contribution in [0.5, 0.6) is 0 Å². The average molecular weight is 346 g/mol. The van der Waals surface area contributed by atoms with E-state index < -0.39 is 15.8 Å². The first kappa shape index (κ1) is 13.8. The summed E-state index contributed by atoms with van der Waals surface area (Å²) in [5, 5.41) is 0. The van der Waals surface area contributed by atoms with Gasteiger partial charge in [0.2, 0.25) is 0 Å². The van der Waals surface area contributed by atoms with E-state index in [0.29, 0.717) is 4.47 Å². The number of nitrogens with two attached hydrogens (primary N) is 1. The smallest absolute Gasteiger partial charge is 0.263 e. The van der Waals surface area contributed by atoms with Crippen molar-refractivity contribution in [3.63, 3.8) is 0 Å². The Hall–Kier alpha value is -1.67. The summed E-state index contributed by atoms with van der Waals surface area (Å²) >= 11 is 3.12. The van der Waals surface area contributed by atoms with Crippen molar-refractivity contribution in [2.45, 2.75) is 4.90 Å². The van der Waals surface area contributed by atoms with Gasteiger partial charge in [-0.2, -0.15) is 0 Å². The van der Waals surface area contributed by atoms with Gasteiger partial charge >= 0.3 is 0 Å². The molecule has 0 fully saturated rings. The SMILES string of the molecule is Nc1ccc(NS(=O)(=O)c2cncc(Br)c2)c(F)c1. The number of nitrogens with one attached hydrogen (secondary N) is 1. The van der Waals surface area contributed by atoms with Gasteiger partial charge < -0.3 is 5.73 Å². The lowest BCUT2D eigenvalue weighted by Crippen LogP contribution is -2.14. The predicted octanol–water partition coefficient (Wildman–Crippen LogP) is 2.37. The van der Waals surface area contributed by atoms with Crippen LogP contribution in [-0.2, 0) is 10.0 Å². The molecular formula is C11H9BrFN3O2S. The second-order valence-corrected chi connectivity index (χ2v) is 6.28. The summed E-state index contributed by atoms with van der Waals surface area (Å²) in [6, 6.07) is 5.06. The molecule has 0 aliphatic carbocycles. The molecule has 0 unspecified atom stereocenters. The standard InChI is InChI=1S/C11H9BrFN3O2S/c12-7-3-9(6-15-5-7)19(17,18)16-11-2-1-8(14)4-10(11)13/h1-6,16H,14H2. The number of benzene rings is 1. The van der Waals surface area contributed by atoms with Crippen molar-refractivity contribution < 1.29 is 12.8 Å². The Morgan fingerprint density at radius 3 is 2.63 bits per heavy atom. The lowest BCUT2D eigenvalue weighted by atomic mass is 10.3. The first-order valence-electron chi connectivity index (χ1n) is 5.07. The van der Waals surface area contributed by atoms with E-state index in [4.69, 9.17) is 5.73 Å². The number of sulfonamides is 1. The van der Waals surface area contributed by atoms with E-state index >= 15 is 0 Å². The molecule has 0 aliphatic rings. The zero-order valence-corrected chi connectivity index (χ0v) is 11.9. The van der Waals surface area contributed by atoms with Gasteiger partial charge in [0.05, 0.1) is 5.69 Å². The maximum absolute atomic E-state index is 13.5. The van der Waals surface area contributed by atoms with Crippen LogP contribution in [0.25, 0.3) is 0 Å². The van der Waals surface area contributed by atoms with Crippen molar-refractivity contribution in [3.8, 4) is 0 Å². The highest BCUT2D eigenvalue weighted by Crippen LogP contribution is 2.22. The molecule has 2 aromatic rings. The van der Waals surface area contributed by atoms with Crippen LogP contribution >= 0.6 is 15.9 Å². The molecule has 5 nitrogen and oxygen atoms in total. The quantitative estimate of drug-likeness (QED) is 0.836. The molecule has 0 aliphatic heterocycles. The largest absolute Gasteiger partial charge is 0.399 e. The third-order valence-electron chi connectivity index (χ3n) is 2.23.